The van der Waals surface area contributed by atoms with Gasteiger partial charge in [0.25, 0.3) is 0 Å². The molecule has 6 heteroatoms. The quantitative estimate of drug-likeness (QED) is 0.680. The molecule has 0 atom stereocenters. The Balaban J connectivity index is 2.33. The van der Waals surface area contributed by atoms with Crippen molar-refractivity contribution in [3.8, 4) is 11.4 Å². The van der Waals surface area contributed by atoms with Crippen LogP contribution in [0.15, 0.2) is 42.6 Å². The molecular weight excluding hydrogens is 295 g/mol. The SMILES string of the molecule is COC(=O)c1cccn2c(-c3ccccc3F)nc(Cl)c12. The number of halogens is 2. The third-order valence-corrected chi connectivity index (χ3v) is 3.41. The van der Waals surface area contributed by atoms with E-state index in [0.717, 1.165) is 0 Å². The number of hydrogen-bond donors (Lipinski definition) is 0. The molecule has 3 rings (SSSR count). The standard InChI is InChI=1S/C15H10ClFN2O2/c1-21-15(20)10-6-4-8-19-12(10)13(16)18-14(19)9-5-2-3-7-11(9)17/h2-8H,1H3. The molecule has 0 aliphatic carbocycles. The number of fused-ring (bicyclic) bond motifs is 1. The second-order valence-corrected chi connectivity index (χ2v) is 4.70. The Morgan fingerprint density at radius 1 is 1.29 bits per heavy atom. The minimum atomic E-state index is -0.525. The lowest BCUT2D eigenvalue weighted by Crippen LogP contribution is -2.04. The summed E-state index contributed by atoms with van der Waals surface area (Å²) in [5.41, 5.74) is 0.978. The molecule has 0 radical (unpaired) electrons. The maximum absolute atomic E-state index is 13.9. The highest BCUT2D eigenvalue weighted by molar-refractivity contribution is 6.33. The lowest BCUT2D eigenvalue weighted by Gasteiger charge is -2.05. The molecule has 0 bridgehead atoms. The van der Waals surface area contributed by atoms with Gasteiger partial charge in [-0.05, 0) is 24.3 Å². The Bertz CT molecular complexity index is 845. The zero-order chi connectivity index (χ0) is 15.0. The number of methoxy groups -OCH3 is 1. The van der Waals surface area contributed by atoms with Crippen LogP contribution in [-0.4, -0.2) is 22.5 Å². The Morgan fingerprint density at radius 2 is 2.05 bits per heavy atom. The number of hydrogen-bond acceptors (Lipinski definition) is 3. The van der Waals surface area contributed by atoms with Crippen molar-refractivity contribution in [1.82, 2.24) is 9.38 Å². The maximum atomic E-state index is 13.9. The van der Waals surface area contributed by atoms with Crippen LogP contribution in [0.1, 0.15) is 10.4 Å². The van der Waals surface area contributed by atoms with Crippen LogP contribution in [0.5, 0.6) is 0 Å². The number of aromatic nitrogens is 2. The van der Waals surface area contributed by atoms with Crippen LogP contribution in [0.3, 0.4) is 0 Å². The Hall–Kier alpha value is -2.40. The number of imidazole rings is 1. The fourth-order valence-electron chi connectivity index (χ4n) is 2.20. The van der Waals surface area contributed by atoms with Crippen LogP contribution in [0.25, 0.3) is 16.9 Å². The summed E-state index contributed by atoms with van der Waals surface area (Å²) in [4.78, 5) is 16.0. The molecule has 0 aliphatic heterocycles. The molecule has 0 spiro atoms. The zero-order valence-corrected chi connectivity index (χ0v) is 11.8. The smallest absolute Gasteiger partial charge is 0.340 e. The summed E-state index contributed by atoms with van der Waals surface area (Å²) in [6.07, 6.45) is 1.67. The molecule has 3 aromatic rings. The van der Waals surface area contributed by atoms with E-state index in [1.54, 1.807) is 40.9 Å². The molecule has 0 N–H and O–H groups in total. The van der Waals surface area contributed by atoms with E-state index in [1.165, 1.54) is 13.2 Å². The van der Waals surface area contributed by atoms with E-state index < -0.39 is 11.8 Å². The lowest BCUT2D eigenvalue weighted by atomic mass is 10.2. The van der Waals surface area contributed by atoms with Gasteiger partial charge < -0.3 is 4.74 Å². The van der Waals surface area contributed by atoms with Gasteiger partial charge in [0.2, 0.25) is 0 Å². The number of ether oxygens (including phenoxy) is 1. The minimum Gasteiger partial charge on any atom is -0.465 e. The van der Waals surface area contributed by atoms with Crippen molar-refractivity contribution in [2.45, 2.75) is 0 Å². The Morgan fingerprint density at radius 3 is 2.76 bits per heavy atom. The molecule has 0 fully saturated rings. The Kier molecular flexibility index (Phi) is 3.35. The molecule has 2 heterocycles. The summed E-state index contributed by atoms with van der Waals surface area (Å²) in [6, 6.07) is 9.48. The van der Waals surface area contributed by atoms with Gasteiger partial charge in [0.1, 0.15) is 11.6 Å². The molecule has 0 unspecified atom stereocenters. The molecule has 4 nitrogen and oxygen atoms in total. The van der Waals surface area contributed by atoms with Crippen molar-refractivity contribution >= 4 is 23.1 Å². The number of benzene rings is 1. The average molecular weight is 305 g/mol. The summed E-state index contributed by atoms with van der Waals surface area (Å²) < 4.78 is 20.3. The first-order valence-electron chi connectivity index (χ1n) is 6.13. The molecular formula is C15H10ClFN2O2. The van der Waals surface area contributed by atoms with Gasteiger partial charge >= 0.3 is 5.97 Å². The molecule has 0 aliphatic rings. The van der Waals surface area contributed by atoms with Crippen molar-refractivity contribution in [1.29, 1.82) is 0 Å². The average Bonchev–Trinajstić information content (AvgIpc) is 2.84. The van der Waals surface area contributed by atoms with Crippen molar-refractivity contribution in [2.24, 2.45) is 0 Å². The normalized spacial score (nSPS) is 10.8. The van der Waals surface area contributed by atoms with Gasteiger partial charge in [-0.25, -0.2) is 14.2 Å². The summed E-state index contributed by atoms with van der Waals surface area (Å²) in [5, 5.41) is 0.120. The fourth-order valence-corrected chi connectivity index (χ4v) is 2.48. The van der Waals surface area contributed by atoms with Crippen LogP contribution in [0.2, 0.25) is 5.15 Å². The van der Waals surface area contributed by atoms with E-state index >= 15 is 0 Å². The van der Waals surface area contributed by atoms with E-state index in [2.05, 4.69) is 4.98 Å². The monoisotopic (exact) mass is 304 g/mol. The van der Waals surface area contributed by atoms with E-state index in [4.69, 9.17) is 16.3 Å². The zero-order valence-electron chi connectivity index (χ0n) is 11.0. The van der Waals surface area contributed by atoms with E-state index in [1.807, 2.05) is 0 Å². The Labute approximate surface area is 124 Å². The van der Waals surface area contributed by atoms with Gasteiger partial charge in [-0.15, -0.1) is 0 Å². The largest absolute Gasteiger partial charge is 0.465 e. The topological polar surface area (TPSA) is 43.6 Å². The summed E-state index contributed by atoms with van der Waals surface area (Å²) >= 11 is 6.12. The van der Waals surface area contributed by atoms with Crippen LogP contribution in [-0.2, 0) is 4.74 Å². The van der Waals surface area contributed by atoms with Gasteiger partial charge in [0, 0.05) is 6.20 Å². The first kappa shape index (κ1) is 13.6. The van der Waals surface area contributed by atoms with Crippen molar-refractivity contribution < 1.29 is 13.9 Å². The molecule has 1 aromatic carbocycles. The van der Waals surface area contributed by atoms with Crippen LogP contribution in [0, 0.1) is 5.82 Å². The predicted octanol–water partition coefficient (Wildman–Crippen LogP) is 3.58. The molecule has 2 aromatic heterocycles. The van der Waals surface area contributed by atoms with E-state index in [-0.39, 0.29) is 10.7 Å². The lowest BCUT2D eigenvalue weighted by molar-refractivity contribution is 0.0602. The third kappa shape index (κ3) is 2.15. The first-order valence-corrected chi connectivity index (χ1v) is 6.51. The van der Waals surface area contributed by atoms with Gasteiger partial charge in [-0.1, -0.05) is 23.7 Å². The van der Waals surface area contributed by atoms with Gasteiger partial charge in [0.05, 0.1) is 23.8 Å². The summed E-state index contributed by atoms with van der Waals surface area (Å²) in [6.45, 7) is 0. The summed E-state index contributed by atoms with van der Waals surface area (Å²) in [5.74, 6) is -0.606. The van der Waals surface area contributed by atoms with Crippen molar-refractivity contribution in [3.63, 3.8) is 0 Å². The maximum Gasteiger partial charge on any atom is 0.340 e. The minimum absolute atomic E-state index is 0.120. The van der Waals surface area contributed by atoms with Crippen LogP contribution in [0.4, 0.5) is 4.39 Å². The first-order chi connectivity index (χ1) is 10.1. The van der Waals surface area contributed by atoms with Crippen molar-refractivity contribution in [3.05, 3.63) is 59.1 Å². The highest BCUT2D eigenvalue weighted by Gasteiger charge is 2.20. The number of nitrogens with zero attached hydrogens (tertiary/aromatic N) is 2. The number of esters is 1. The third-order valence-electron chi connectivity index (χ3n) is 3.14. The second kappa shape index (κ2) is 5.18. The number of carbonyl (C=O) groups is 1. The molecule has 106 valence electrons. The van der Waals surface area contributed by atoms with E-state index in [0.29, 0.717) is 16.9 Å². The number of carbonyl (C=O) groups excluding carboxylic acids is 1. The molecule has 0 saturated carbocycles. The number of pyridine rings is 1. The highest BCUT2D eigenvalue weighted by Crippen LogP contribution is 2.29. The highest BCUT2D eigenvalue weighted by atomic mass is 35.5. The van der Waals surface area contributed by atoms with E-state index in [9.17, 15) is 9.18 Å². The van der Waals surface area contributed by atoms with Gasteiger partial charge in [-0.3, -0.25) is 4.40 Å². The molecule has 0 saturated heterocycles. The summed E-state index contributed by atoms with van der Waals surface area (Å²) in [7, 11) is 1.29. The van der Waals surface area contributed by atoms with Crippen LogP contribution < -0.4 is 0 Å². The fraction of sp³-hybridized carbons (Fsp3) is 0.0667. The molecule has 0 amide bonds. The second-order valence-electron chi connectivity index (χ2n) is 4.34. The predicted molar refractivity (Wildman–Crippen MR) is 76.9 cm³/mol. The number of rotatable bonds is 2. The van der Waals surface area contributed by atoms with Gasteiger partial charge in [0.15, 0.2) is 5.15 Å². The van der Waals surface area contributed by atoms with Crippen LogP contribution >= 0.6 is 11.6 Å². The van der Waals surface area contributed by atoms with Gasteiger partial charge in [-0.2, -0.15) is 0 Å². The van der Waals surface area contributed by atoms with Crippen molar-refractivity contribution in [2.75, 3.05) is 7.11 Å². The molecule has 21 heavy (non-hydrogen) atoms.